The molecule has 0 spiro atoms. The van der Waals surface area contributed by atoms with Gasteiger partial charge in [-0.3, -0.25) is 4.98 Å². The summed E-state index contributed by atoms with van der Waals surface area (Å²) in [4.78, 5) is 10.8. The number of pyridine rings is 1. The van der Waals surface area contributed by atoms with Gasteiger partial charge >= 0.3 is 0 Å². The fourth-order valence-corrected chi connectivity index (χ4v) is 11.3. The Balaban J connectivity index is 0.00000660. The minimum absolute atomic E-state index is 0. The van der Waals surface area contributed by atoms with Crippen molar-refractivity contribution in [3.05, 3.63) is 229 Å². The molecule has 0 radical (unpaired) electrons. The topological polar surface area (TPSA) is 55.9 Å². The van der Waals surface area contributed by atoms with Gasteiger partial charge in [-0.25, -0.2) is 4.98 Å². The van der Waals surface area contributed by atoms with Crippen LogP contribution in [0.5, 0.6) is 5.75 Å². The smallest absolute Gasteiger partial charge is 0.143 e. The molecule has 3 heterocycles. The SMILES string of the molecule is Cn1c(-c2cc(C(C)(C)C)cc(C(C)(C)C)c2O)nc2c(-c3[c-]c(-c4cc(-c5cccc6c7ccccc7n(-c7ccccc7)c56)ccn4)cc(-c4ccccc4)c3)cc(-c3cc(C(C)(C)C)ccc3-c3ccccc3)cc21.[Pt]. The average Bonchev–Trinajstić information content (AvgIpc) is 4.22. The van der Waals surface area contributed by atoms with Crippen molar-refractivity contribution in [2.45, 2.75) is 78.6 Å². The van der Waals surface area contributed by atoms with Gasteiger partial charge in [-0.15, -0.1) is 23.8 Å². The third-order valence-electron chi connectivity index (χ3n) is 15.6. The predicted octanol–water partition coefficient (Wildman–Crippen LogP) is 19.1. The Hall–Kier alpha value is -8.11. The van der Waals surface area contributed by atoms with Crippen LogP contribution in [0.15, 0.2) is 206 Å². The first-order valence-electron chi connectivity index (χ1n) is 27.2. The fourth-order valence-electron chi connectivity index (χ4n) is 11.3. The van der Waals surface area contributed by atoms with E-state index in [1.807, 2.05) is 6.20 Å². The number of aromatic nitrogens is 4. The maximum atomic E-state index is 12.4. The van der Waals surface area contributed by atoms with Gasteiger partial charge in [-0.05, 0) is 97.2 Å². The van der Waals surface area contributed by atoms with Crippen LogP contribution in [0.25, 0.3) is 117 Å². The summed E-state index contributed by atoms with van der Waals surface area (Å²) in [5.41, 5.74) is 20.8. The van der Waals surface area contributed by atoms with E-state index in [1.54, 1.807) is 0 Å². The van der Waals surface area contributed by atoms with Crippen LogP contribution in [0.4, 0.5) is 0 Å². The van der Waals surface area contributed by atoms with Crippen LogP contribution in [-0.2, 0) is 44.4 Å². The molecule has 0 saturated heterocycles. The van der Waals surface area contributed by atoms with Gasteiger partial charge in [0, 0.05) is 67.6 Å². The molecule has 6 heteroatoms. The molecule has 0 fully saturated rings. The van der Waals surface area contributed by atoms with Crippen molar-refractivity contribution in [1.82, 2.24) is 19.1 Å². The number of phenols is 1. The van der Waals surface area contributed by atoms with Gasteiger partial charge in [0.15, 0.2) is 0 Å². The predicted molar refractivity (Wildman–Crippen MR) is 328 cm³/mol. The Kier molecular flexibility index (Phi) is 13.6. The number of nitrogens with zero attached hydrogens (tertiary/aromatic N) is 4. The van der Waals surface area contributed by atoms with Crippen molar-refractivity contribution in [3.63, 3.8) is 0 Å². The molecule has 0 aliphatic rings. The number of hydrogen-bond acceptors (Lipinski definition) is 3. The van der Waals surface area contributed by atoms with E-state index in [0.717, 1.165) is 106 Å². The van der Waals surface area contributed by atoms with Crippen LogP contribution >= 0.6 is 0 Å². The fraction of sp³-hybridized carbons (Fsp3) is 0.178. The minimum Gasteiger partial charge on any atom is -0.507 e. The maximum absolute atomic E-state index is 12.4. The van der Waals surface area contributed by atoms with Crippen LogP contribution in [0.3, 0.4) is 0 Å². The third-order valence-corrected chi connectivity index (χ3v) is 15.6. The Labute approximate surface area is 479 Å². The first-order valence-corrected chi connectivity index (χ1v) is 27.2. The van der Waals surface area contributed by atoms with Gasteiger partial charge in [0.05, 0.1) is 27.6 Å². The van der Waals surface area contributed by atoms with Crippen LogP contribution in [0, 0.1) is 6.07 Å². The van der Waals surface area contributed by atoms with Gasteiger partial charge in [-0.2, -0.15) is 0 Å². The molecule has 1 N–H and O–H groups in total. The number of hydrogen-bond donors (Lipinski definition) is 1. The maximum Gasteiger partial charge on any atom is 0.143 e. The normalized spacial score (nSPS) is 12.1. The van der Waals surface area contributed by atoms with Gasteiger partial charge in [0.2, 0.25) is 0 Å². The number of rotatable bonds is 8. The summed E-state index contributed by atoms with van der Waals surface area (Å²) in [7, 11) is 2.09. The van der Waals surface area contributed by atoms with Crippen molar-refractivity contribution in [3.8, 4) is 89.7 Å². The molecule has 79 heavy (non-hydrogen) atoms. The summed E-state index contributed by atoms with van der Waals surface area (Å²) in [6.07, 6.45) is 1.93. The van der Waals surface area contributed by atoms with Gasteiger partial charge in [-0.1, -0.05) is 231 Å². The number of imidazole rings is 1. The minimum atomic E-state index is -0.323. The molecule has 3 aromatic heterocycles. The van der Waals surface area contributed by atoms with E-state index in [0.29, 0.717) is 11.4 Å². The van der Waals surface area contributed by atoms with Crippen LogP contribution in [0.2, 0.25) is 0 Å². The molecular formula is C73H65N4OPt-. The summed E-state index contributed by atoms with van der Waals surface area (Å²) in [5.74, 6) is 0.950. The van der Waals surface area contributed by atoms with Crippen molar-refractivity contribution in [1.29, 1.82) is 0 Å². The summed E-state index contributed by atoms with van der Waals surface area (Å²) >= 11 is 0. The van der Waals surface area contributed by atoms with E-state index >= 15 is 0 Å². The van der Waals surface area contributed by atoms with Gasteiger partial charge < -0.3 is 14.2 Å². The van der Waals surface area contributed by atoms with Crippen molar-refractivity contribution < 1.29 is 26.2 Å². The Morgan fingerprint density at radius 1 is 0.443 bits per heavy atom. The number of aryl methyl sites for hydroxylation is 1. The average molecular weight is 1210 g/mol. The number of para-hydroxylation sites is 3. The van der Waals surface area contributed by atoms with E-state index in [-0.39, 0.29) is 43.1 Å². The summed E-state index contributed by atoms with van der Waals surface area (Å²) in [6, 6.07) is 75.9. The van der Waals surface area contributed by atoms with Crippen LogP contribution < -0.4 is 0 Å². The molecule has 5 nitrogen and oxygen atoms in total. The monoisotopic (exact) mass is 1210 g/mol. The summed E-state index contributed by atoms with van der Waals surface area (Å²) in [5, 5.41) is 14.8. The molecule has 0 bridgehead atoms. The van der Waals surface area contributed by atoms with E-state index in [9.17, 15) is 5.11 Å². The molecule has 9 aromatic carbocycles. The molecule has 0 aliphatic carbocycles. The molecular weight excluding hydrogens is 1140 g/mol. The zero-order chi connectivity index (χ0) is 54.3. The van der Waals surface area contributed by atoms with Crippen LogP contribution in [-0.4, -0.2) is 24.2 Å². The number of benzene rings is 9. The van der Waals surface area contributed by atoms with Crippen molar-refractivity contribution in [2.75, 3.05) is 0 Å². The molecule has 12 rings (SSSR count). The zero-order valence-corrected chi connectivity index (χ0v) is 49.0. The van der Waals surface area contributed by atoms with Crippen molar-refractivity contribution >= 4 is 32.8 Å². The van der Waals surface area contributed by atoms with E-state index in [1.165, 1.54) is 16.3 Å². The largest absolute Gasteiger partial charge is 0.507 e. The number of aromatic hydroxyl groups is 1. The quantitative estimate of drug-likeness (QED) is 0.154. The Morgan fingerprint density at radius 2 is 1.08 bits per heavy atom. The number of phenolic OH excluding ortho intramolecular Hbond substituents is 1. The first-order chi connectivity index (χ1) is 37.4. The third kappa shape index (κ3) is 9.74. The molecule has 394 valence electrons. The molecule has 0 saturated carbocycles. The molecule has 0 aliphatic heterocycles. The van der Waals surface area contributed by atoms with Gasteiger partial charge in [0.1, 0.15) is 11.6 Å². The Morgan fingerprint density at radius 3 is 1.77 bits per heavy atom. The summed E-state index contributed by atoms with van der Waals surface area (Å²) in [6.45, 7) is 20.0. The molecule has 12 aromatic rings. The first kappa shape index (κ1) is 52.9. The van der Waals surface area contributed by atoms with E-state index in [2.05, 4.69) is 285 Å². The number of fused-ring (bicyclic) bond motifs is 4. The van der Waals surface area contributed by atoms with Crippen molar-refractivity contribution in [2.24, 2.45) is 7.05 Å². The second kappa shape index (κ2) is 20.3. The Bertz CT molecular complexity index is 4260. The zero-order valence-electron chi connectivity index (χ0n) is 46.7. The second-order valence-electron chi connectivity index (χ2n) is 24.1. The molecule has 0 amide bonds. The molecule has 0 unspecified atom stereocenters. The van der Waals surface area contributed by atoms with Crippen LogP contribution in [0.1, 0.15) is 79.0 Å². The standard InChI is InChI=1S/C73H65N4O.Pt/c1-71(2,3)53-33-34-56(47-25-16-12-17-26-47)60(43-53)51-40-61(67-66(42-51)76(10)70(75-67)62-44-54(72(4,5)6)45-63(69(62)78)73(7,8)9)50-37-49(46-23-14-11-15-24-46)38-52(39-50)64-41-48(35-36-74-64)57-30-22-31-59-58-29-20-21-32-65(58)77(68(57)59)55-27-18-13-19-28-55;/h11-38,40-45,78H,1-10H3;/q-1;. The molecule has 0 atom stereocenters. The van der Waals surface area contributed by atoms with Gasteiger partial charge in [0.25, 0.3) is 0 Å². The van der Waals surface area contributed by atoms with E-state index < -0.39 is 0 Å². The second-order valence-corrected chi connectivity index (χ2v) is 24.1. The summed E-state index contributed by atoms with van der Waals surface area (Å²) < 4.78 is 4.57. The van der Waals surface area contributed by atoms with E-state index in [4.69, 9.17) is 9.97 Å².